The van der Waals surface area contributed by atoms with Gasteiger partial charge in [0.2, 0.25) is 0 Å². The van der Waals surface area contributed by atoms with Gasteiger partial charge < -0.3 is 10.2 Å². The molecule has 1 fully saturated rings. The van der Waals surface area contributed by atoms with Crippen molar-refractivity contribution in [2.45, 2.75) is 6.04 Å². The number of piperazine rings is 1. The number of nitro benzene ring substituents is 2. The van der Waals surface area contributed by atoms with E-state index in [4.69, 9.17) is 0 Å². The fourth-order valence-electron chi connectivity index (χ4n) is 3.48. The van der Waals surface area contributed by atoms with Gasteiger partial charge in [0.25, 0.3) is 11.4 Å². The van der Waals surface area contributed by atoms with Gasteiger partial charge in [-0.25, -0.2) is 0 Å². The maximum Gasteiger partial charge on any atom is 0.299 e. The first-order chi connectivity index (χ1) is 13.5. The Morgan fingerprint density at radius 2 is 1.82 bits per heavy atom. The van der Waals surface area contributed by atoms with Gasteiger partial charge in [0.15, 0.2) is 0 Å². The predicted octanol–water partition coefficient (Wildman–Crippen LogP) is 2.90. The Morgan fingerprint density at radius 1 is 1.07 bits per heavy atom. The van der Waals surface area contributed by atoms with Gasteiger partial charge >= 0.3 is 0 Å². The van der Waals surface area contributed by atoms with Crippen LogP contribution in [0, 0.1) is 20.2 Å². The Kier molecular flexibility index (Phi) is 6.17. The topological polar surface area (TPSA) is 105 Å². The molecule has 0 unspecified atom stereocenters. The second-order valence-electron chi connectivity index (χ2n) is 6.87. The Morgan fingerprint density at radius 3 is 2.50 bits per heavy atom. The molecule has 0 amide bonds. The third kappa shape index (κ3) is 4.62. The molecule has 28 heavy (non-hydrogen) atoms. The van der Waals surface area contributed by atoms with Crippen molar-refractivity contribution in [2.75, 3.05) is 45.1 Å². The number of non-ortho nitro benzene ring substituents is 1. The molecule has 9 nitrogen and oxygen atoms in total. The highest BCUT2D eigenvalue weighted by Crippen LogP contribution is 2.29. The fraction of sp³-hybridized carbons (Fsp3) is 0.368. The molecule has 1 N–H and O–H groups in total. The molecule has 0 aromatic heterocycles. The van der Waals surface area contributed by atoms with Crippen LogP contribution in [0.2, 0.25) is 0 Å². The van der Waals surface area contributed by atoms with Crippen molar-refractivity contribution in [3.8, 4) is 0 Å². The standard InChI is InChI=1S/C19H23N5O4/c1-21-11-12-22(19(14-21)15-5-3-2-4-6-15)10-9-20-17-8-7-16(23(25)26)13-18(17)24(27)28/h2-8,13,19-20H,9-12,14H2,1H3/t19-/m1/s1. The molecule has 148 valence electrons. The average Bonchev–Trinajstić information content (AvgIpc) is 2.69. The van der Waals surface area contributed by atoms with Gasteiger partial charge in [0.1, 0.15) is 5.69 Å². The Hall–Kier alpha value is -3.04. The molecule has 9 heteroatoms. The van der Waals surface area contributed by atoms with E-state index in [1.807, 2.05) is 18.2 Å². The molecule has 0 saturated carbocycles. The first-order valence-electron chi connectivity index (χ1n) is 9.10. The molecule has 1 saturated heterocycles. The number of hydrogen-bond donors (Lipinski definition) is 1. The number of rotatable bonds is 7. The summed E-state index contributed by atoms with van der Waals surface area (Å²) in [5, 5.41) is 25.2. The van der Waals surface area contributed by atoms with Gasteiger partial charge in [0.05, 0.1) is 15.9 Å². The van der Waals surface area contributed by atoms with Gasteiger partial charge in [-0.3, -0.25) is 25.1 Å². The molecule has 0 aliphatic carbocycles. The summed E-state index contributed by atoms with van der Waals surface area (Å²) in [5.41, 5.74) is 0.962. The van der Waals surface area contributed by atoms with Crippen LogP contribution >= 0.6 is 0 Å². The third-order valence-corrected chi connectivity index (χ3v) is 4.98. The summed E-state index contributed by atoms with van der Waals surface area (Å²) in [6.45, 7) is 4.00. The van der Waals surface area contributed by atoms with Crippen LogP contribution in [0.3, 0.4) is 0 Å². The number of benzene rings is 2. The molecule has 0 bridgehead atoms. The number of hydrogen-bond acceptors (Lipinski definition) is 7. The van der Waals surface area contributed by atoms with E-state index in [0.29, 0.717) is 18.8 Å². The number of nitro groups is 2. The molecule has 2 aromatic carbocycles. The molecule has 1 atom stereocenters. The summed E-state index contributed by atoms with van der Waals surface area (Å²) in [5.74, 6) is 0. The van der Waals surface area contributed by atoms with Crippen molar-refractivity contribution in [3.63, 3.8) is 0 Å². The van der Waals surface area contributed by atoms with Crippen molar-refractivity contribution in [1.29, 1.82) is 0 Å². The molecular weight excluding hydrogens is 362 g/mol. The number of nitrogens with one attached hydrogen (secondary N) is 1. The van der Waals surface area contributed by atoms with Crippen LogP contribution < -0.4 is 5.32 Å². The van der Waals surface area contributed by atoms with E-state index in [1.54, 1.807) is 0 Å². The largest absolute Gasteiger partial charge is 0.378 e. The second-order valence-corrected chi connectivity index (χ2v) is 6.87. The summed E-state index contributed by atoms with van der Waals surface area (Å²) >= 11 is 0. The summed E-state index contributed by atoms with van der Waals surface area (Å²) in [6, 6.07) is 14.2. The van der Waals surface area contributed by atoms with Gasteiger partial charge in [-0.2, -0.15) is 0 Å². The van der Waals surface area contributed by atoms with Crippen LogP contribution in [-0.2, 0) is 0 Å². The van der Waals surface area contributed by atoms with E-state index >= 15 is 0 Å². The highest BCUT2D eigenvalue weighted by molar-refractivity contribution is 5.65. The van der Waals surface area contributed by atoms with E-state index in [-0.39, 0.29) is 17.4 Å². The highest BCUT2D eigenvalue weighted by Gasteiger charge is 2.26. The summed E-state index contributed by atoms with van der Waals surface area (Å²) in [7, 11) is 2.10. The first-order valence-corrected chi connectivity index (χ1v) is 9.10. The molecule has 1 heterocycles. The van der Waals surface area contributed by atoms with Crippen LogP contribution in [0.4, 0.5) is 17.1 Å². The summed E-state index contributed by atoms with van der Waals surface area (Å²) in [6.07, 6.45) is 0. The lowest BCUT2D eigenvalue weighted by molar-refractivity contribution is -0.393. The predicted molar refractivity (Wildman–Crippen MR) is 106 cm³/mol. The zero-order valence-electron chi connectivity index (χ0n) is 15.7. The smallest absolute Gasteiger partial charge is 0.299 e. The van der Waals surface area contributed by atoms with Crippen LogP contribution in [0.1, 0.15) is 11.6 Å². The van der Waals surface area contributed by atoms with E-state index in [1.165, 1.54) is 17.7 Å². The van der Waals surface area contributed by atoms with E-state index in [9.17, 15) is 20.2 Å². The van der Waals surface area contributed by atoms with Crippen molar-refractivity contribution in [2.24, 2.45) is 0 Å². The van der Waals surface area contributed by atoms with Crippen LogP contribution in [0.25, 0.3) is 0 Å². The normalized spacial score (nSPS) is 18.0. The minimum Gasteiger partial charge on any atom is -0.378 e. The number of likely N-dealkylation sites (N-methyl/N-ethyl adjacent to an activating group) is 1. The lowest BCUT2D eigenvalue weighted by atomic mass is 10.0. The van der Waals surface area contributed by atoms with Gasteiger partial charge in [-0.05, 0) is 18.7 Å². The second kappa shape index (κ2) is 8.77. The third-order valence-electron chi connectivity index (χ3n) is 4.98. The van der Waals surface area contributed by atoms with Crippen molar-refractivity contribution < 1.29 is 9.85 Å². The molecule has 3 rings (SSSR count). The summed E-state index contributed by atoms with van der Waals surface area (Å²) < 4.78 is 0. The Labute approximate surface area is 162 Å². The average molecular weight is 385 g/mol. The Balaban J connectivity index is 1.68. The van der Waals surface area contributed by atoms with Crippen molar-refractivity contribution >= 4 is 17.1 Å². The number of anilines is 1. The molecule has 0 radical (unpaired) electrons. The van der Waals surface area contributed by atoms with Gasteiger partial charge in [-0.1, -0.05) is 30.3 Å². The van der Waals surface area contributed by atoms with Crippen LogP contribution in [0.5, 0.6) is 0 Å². The molecule has 0 spiro atoms. The van der Waals surface area contributed by atoms with E-state index < -0.39 is 9.85 Å². The molecule has 1 aliphatic rings. The van der Waals surface area contributed by atoms with E-state index in [0.717, 1.165) is 25.7 Å². The zero-order chi connectivity index (χ0) is 20.1. The monoisotopic (exact) mass is 385 g/mol. The zero-order valence-corrected chi connectivity index (χ0v) is 15.7. The molecule has 2 aromatic rings. The Bertz CT molecular complexity index is 845. The highest BCUT2D eigenvalue weighted by atomic mass is 16.6. The number of nitrogens with zero attached hydrogens (tertiary/aromatic N) is 4. The van der Waals surface area contributed by atoms with Crippen LogP contribution in [0.15, 0.2) is 48.5 Å². The van der Waals surface area contributed by atoms with Crippen molar-refractivity contribution in [1.82, 2.24) is 9.80 Å². The van der Waals surface area contributed by atoms with E-state index in [2.05, 4.69) is 34.3 Å². The minimum atomic E-state index is -0.633. The summed E-state index contributed by atoms with van der Waals surface area (Å²) in [4.78, 5) is 25.5. The maximum atomic E-state index is 11.3. The van der Waals surface area contributed by atoms with Gasteiger partial charge in [0, 0.05) is 44.8 Å². The maximum absolute atomic E-state index is 11.3. The van der Waals surface area contributed by atoms with Crippen molar-refractivity contribution in [3.05, 3.63) is 74.3 Å². The first kappa shape index (κ1) is 19.7. The SMILES string of the molecule is CN1CCN(CCNc2ccc([N+](=O)[O-])cc2[N+](=O)[O-])[C@@H](c2ccccc2)C1. The lowest BCUT2D eigenvalue weighted by Gasteiger charge is -2.40. The fourth-order valence-corrected chi connectivity index (χ4v) is 3.48. The lowest BCUT2D eigenvalue weighted by Crippen LogP contribution is -2.48. The van der Waals surface area contributed by atoms with Crippen LogP contribution in [-0.4, -0.2) is 59.4 Å². The van der Waals surface area contributed by atoms with Gasteiger partial charge in [-0.15, -0.1) is 0 Å². The molecule has 1 aliphatic heterocycles. The minimum absolute atomic E-state index is 0.258. The molecular formula is C19H23N5O4. The quantitative estimate of drug-likeness (QED) is 0.577.